The maximum absolute atomic E-state index is 11.8. The normalized spacial score (nSPS) is 53.6. The Balaban J connectivity index is 1.23. The topological polar surface area (TPSA) is 73.0 Å². The van der Waals surface area contributed by atoms with Crippen LogP contribution >= 0.6 is 0 Å². The first-order chi connectivity index (χ1) is 15.3. The molecule has 174 valence electrons. The zero-order chi connectivity index (χ0) is 22.4. The van der Waals surface area contributed by atoms with Gasteiger partial charge in [0.2, 0.25) is 0 Å². The Morgan fingerprint density at radius 3 is 2.53 bits per heavy atom. The number of ether oxygens (including phenoxy) is 2. The van der Waals surface area contributed by atoms with Crippen molar-refractivity contribution in [2.75, 3.05) is 6.61 Å². The number of carbonyl (C=O) groups excluding carboxylic acids is 3. The van der Waals surface area contributed by atoms with Crippen molar-refractivity contribution in [3.63, 3.8) is 0 Å². The summed E-state index contributed by atoms with van der Waals surface area (Å²) in [4.78, 5) is 34.7. The van der Waals surface area contributed by atoms with Crippen LogP contribution in [0.3, 0.4) is 0 Å². The molecular weight excluding hydrogens is 404 g/mol. The molecule has 1 spiro atoms. The Hall–Kier alpha value is -1.49. The lowest BCUT2D eigenvalue weighted by Crippen LogP contribution is -2.55. The van der Waals surface area contributed by atoms with E-state index >= 15 is 0 Å². The van der Waals surface area contributed by atoms with Crippen molar-refractivity contribution in [1.82, 2.24) is 0 Å². The third-order valence-electron chi connectivity index (χ3n) is 11.5. The van der Waals surface area contributed by atoms with E-state index in [1.807, 2.05) is 0 Å². The summed E-state index contributed by atoms with van der Waals surface area (Å²) < 4.78 is 11.3. The average molecular weight is 441 g/mol. The molecule has 1 unspecified atom stereocenters. The minimum atomic E-state index is -0.842. The first kappa shape index (κ1) is 21.1. The molecule has 0 aromatic heterocycles. The molecule has 1 saturated heterocycles. The second kappa shape index (κ2) is 6.77. The number of epoxide rings is 1. The lowest BCUT2D eigenvalue weighted by atomic mass is 9.43. The van der Waals surface area contributed by atoms with Gasteiger partial charge in [0.25, 0.3) is 0 Å². The molecule has 0 N–H and O–H groups in total. The lowest BCUT2D eigenvalue weighted by molar-refractivity contribution is -0.135. The van der Waals surface area contributed by atoms with Crippen molar-refractivity contribution in [2.45, 2.75) is 89.3 Å². The van der Waals surface area contributed by atoms with Gasteiger partial charge in [-0.2, -0.15) is 0 Å². The highest BCUT2D eigenvalue weighted by Gasteiger charge is 2.73. The van der Waals surface area contributed by atoms with Crippen molar-refractivity contribution in [2.24, 2.45) is 40.4 Å². The molecule has 0 aromatic carbocycles. The molecule has 6 rings (SSSR count). The van der Waals surface area contributed by atoms with Crippen LogP contribution in [-0.4, -0.2) is 36.4 Å². The van der Waals surface area contributed by atoms with Crippen LogP contribution in [0.2, 0.25) is 0 Å². The highest BCUT2D eigenvalue weighted by atomic mass is 16.6. The Morgan fingerprint density at radius 2 is 1.81 bits per heavy atom. The molecule has 4 saturated carbocycles. The Bertz CT molecular complexity index is 894. The van der Waals surface area contributed by atoms with Gasteiger partial charge in [-0.3, -0.25) is 4.79 Å². The van der Waals surface area contributed by atoms with Crippen LogP contribution in [0.5, 0.6) is 0 Å². The van der Waals surface area contributed by atoms with E-state index in [0.717, 1.165) is 49.6 Å². The van der Waals surface area contributed by atoms with Crippen LogP contribution in [0.25, 0.3) is 0 Å². The van der Waals surface area contributed by atoms with Gasteiger partial charge in [-0.1, -0.05) is 13.8 Å². The molecule has 32 heavy (non-hydrogen) atoms. The van der Waals surface area contributed by atoms with E-state index < -0.39 is 5.60 Å². The van der Waals surface area contributed by atoms with Gasteiger partial charge in [0.05, 0.1) is 0 Å². The monoisotopic (exact) mass is 440 g/mol. The van der Waals surface area contributed by atoms with Crippen LogP contribution in [0.15, 0.2) is 11.6 Å². The van der Waals surface area contributed by atoms with E-state index in [9.17, 15) is 14.4 Å². The summed E-state index contributed by atoms with van der Waals surface area (Å²) in [5.41, 5.74) is 0.613. The van der Waals surface area contributed by atoms with Gasteiger partial charge >= 0.3 is 5.97 Å². The maximum atomic E-state index is 11.8. The van der Waals surface area contributed by atoms with Crippen molar-refractivity contribution in [3.05, 3.63) is 11.6 Å². The number of cyclic esters (lactones) is 1. The number of hydrogen-bond acceptors (Lipinski definition) is 5. The molecule has 6 aliphatic rings. The second-order valence-corrected chi connectivity index (χ2v) is 12.3. The summed E-state index contributed by atoms with van der Waals surface area (Å²) in [7, 11) is 0. The summed E-state index contributed by atoms with van der Waals surface area (Å²) in [6, 6.07) is 0. The average Bonchev–Trinajstić information content (AvgIpc) is 3.02. The van der Waals surface area contributed by atoms with Crippen LogP contribution in [-0.2, 0) is 23.9 Å². The van der Waals surface area contributed by atoms with Crippen LogP contribution in [0, 0.1) is 40.4 Å². The first-order valence-corrected chi connectivity index (χ1v) is 12.8. The fraction of sp³-hybridized carbons (Fsp3) is 0.815. The Morgan fingerprint density at radius 1 is 1.00 bits per heavy atom. The maximum Gasteiger partial charge on any atom is 0.331 e. The number of rotatable bonds is 4. The smallest absolute Gasteiger partial charge is 0.331 e. The molecule has 0 bridgehead atoms. The molecule has 0 amide bonds. The van der Waals surface area contributed by atoms with Crippen molar-refractivity contribution < 1.29 is 23.9 Å². The summed E-state index contributed by atoms with van der Waals surface area (Å²) in [6.45, 7) is 5.52. The first-order valence-electron chi connectivity index (χ1n) is 12.8. The quantitative estimate of drug-likeness (QED) is 0.367. The highest BCUT2D eigenvalue weighted by Crippen LogP contribution is 2.71. The second-order valence-electron chi connectivity index (χ2n) is 12.3. The fourth-order valence-corrected chi connectivity index (χ4v) is 9.76. The highest BCUT2D eigenvalue weighted by molar-refractivity contribution is 5.85. The molecular formula is C27H36O5. The van der Waals surface area contributed by atoms with E-state index in [4.69, 9.17) is 9.47 Å². The molecule has 2 aliphatic heterocycles. The van der Waals surface area contributed by atoms with Gasteiger partial charge in [0.15, 0.2) is 11.9 Å². The minimum absolute atomic E-state index is 0.159. The largest absolute Gasteiger partial charge is 0.458 e. The number of aldehydes is 2. The van der Waals surface area contributed by atoms with Gasteiger partial charge in [0, 0.05) is 12.5 Å². The summed E-state index contributed by atoms with van der Waals surface area (Å²) in [6.07, 6.45) is 14.1. The van der Waals surface area contributed by atoms with Gasteiger partial charge < -0.3 is 14.3 Å². The predicted octanol–water partition coefficient (Wildman–Crippen LogP) is 4.42. The molecule has 2 heterocycles. The van der Waals surface area contributed by atoms with E-state index in [2.05, 4.69) is 13.8 Å². The zero-order valence-electron chi connectivity index (χ0n) is 19.4. The summed E-state index contributed by atoms with van der Waals surface area (Å²) in [5, 5.41) is 0. The zero-order valence-corrected chi connectivity index (χ0v) is 19.4. The van der Waals surface area contributed by atoms with Crippen molar-refractivity contribution >= 4 is 18.5 Å². The number of fused-ring (bicyclic) bond motifs is 5. The predicted molar refractivity (Wildman–Crippen MR) is 118 cm³/mol. The molecule has 9 atom stereocenters. The van der Waals surface area contributed by atoms with Gasteiger partial charge in [-0.25, -0.2) is 4.79 Å². The summed E-state index contributed by atoms with van der Waals surface area (Å²) in [5.74, 6) is 3.15. The van der Waals surface area contributed by atoms with E-state index in [0.29, 0.717) is 23.9 Å². The summed E-state index contributed by atoms with van der Waals surface area (Å²) >= 11 is 0. The molecule has 0 aromatic rings. The number of hydrogen-bond donors (Lipinski definition) is 0. The fourth-order valence-electron chi connectivity index (χ4n) is 9.76. The lowest BCUT2D eigenvalue weighted by Gasteiger charge is -2.61. The van der Waals surface area contributed by atoms with Gasteiger partial charge in [-0.15, -0.1) is 0 Å². The van der Waals surface area contributed by atoms with Crippen LogP contribution in [0.1, 0.15) is 78.1 Å². The van der Waals surface area contributed by atoms with E-state index in [1.165, 1.54) is 44.1 Å². The SMILES string of the molecule is C[C@]12CC[C@@]3(C[C@H]1CC[C@@H]1[C@@H]2CC[C@]2(C)[C@@H](C4=CC(=O)OC4)CC[C@@H]12)OC3(C=O)CC=O. The Kier molecular flexibility index (Phi) is 4.46. The number of esters is 1. The number of carbonyl (C=O) groups is 3. The van der Waals surface area contributed by atoms with Crippen molar-refractivity contribution in [1.29, 1.82) is 0 Å². The molecule has 4 aliphatic carbocycles. The third-order valence-corrected chi connectivity index (χ3v) is 11.5. The molecule has 5 heteroatoms. The molecule has 0 radical (unpaired) electrons. The van der Waals surface area contributed by atoms with Crippen LogP contribution in [0.4, 0.5) is 0 Å². The Labute approximate surface area is 190 Å². The van der Waals surface area contributed by atoms with Gasteiger partial charge in [-0.05, 0) is 104 Å². The molecule has 5 fully saturated rings. The standard InChI is InChI=1S/C27H36O5/c1-24-9-10-26(27(16-29,32-26)11-12-28)14-18(24)3-4-19-21-6-5-20(17-13-23(30)31-15-17)25(21,2)8-7-22(19)24/h12-13,16,18-22H,3-11,14-15H2,1-2H3/t18-,19+,20-,21+,22+,24+,25-,26+,27?/m1/s1. The van der Waals surface area contributed by atoms with Crippen molar-refractivity contribution in [3.8, 4) is 0 Å². The van der Waals surface area contributed by atoms with Crippen LogP contribution < -0.4 is 0 Å². The molecule has 5 nitrogen and oxygen atoms in total. The third kappa shape index (κ3) is 2.58. The minimum Gasteiger partial charge on any atom is -0.458 e. The van der Waals surface area contributed by atoms with E-state index in [1.54, 1.807) is 6.08 Å². The van der Waals surface area contributed by atoms with E-state index in [-0.39, 0.29) is 23.4 Å². The van der Waals surface area contributed by atoms with Gasteiger partial charge in [0.1, 0.15) is 18.5 Å².